The molecule has 0 saturated heterocycles. The molecule has 0 fully saturated rings. The van der Waals surface area contributed by atoms with Crippen LogP contribution >= 0.6 is 27.5 Å². The standard InChI is InChI=1S/C13H8BrClF3N/c14-8-2-1-7(10(15)3-8)6-19-12-5-9(16)4-11(17)13(12)18/h1-5,19H,6H2. The Balaban J connectivity index is 2.19. The van der Waals surface area contributed by atoms with Crippen LogP contribution in [0.3, 0.4) is 0 Å². The van der Waals surface area contributed by atoms with Crippen molar-refractivity contribution in [3.63, 3.8) is 0 Å². The van der Waals surface area contributed by atoms with Gasteiger partial charge in [-0.05, 0) is 17.7 Å². The number of nitrogens with one attached hydrogen (secondary N) is 1. The second kappa shape index (κ2) is 5.84. The van der Waals surface area contributed by atoms with Gasteiger partial charge in [0.15, 0.2) is 11.6 Å². The molecule has 6 heteroatoms. The average Bonchev–Trinajstić information content (AvgIpc) is 2.33. The van der Waals surface area contributed by atoms with E-state index in [-0.39, 0.29) is 12.2 Å². The molecule has 0 unspecified atom stereocenters. The third kappa shape index (κ3) is 3.42. The number of halogens is 5. The molecular formula is C13H8BrClF3N. The van der Waals surface area contributed by atoms with Gasteiger partial charge in [-0.1, -0.05) is 33.6 Å². The minimum atomic E-state index is -1.23. The highest BCUT2D eigenvalue weighted by molar-refractivity contribution is 9.10. The summed E-state index contributed by atoms with van der Waals surface area (Å²) < 4.78 is 40.2. The van der Waals surface area contributed by atoms with E-state index in [0.29, 0.717) is 16.7 Å². The maximum Gasteiger partial charge on any atom is 0.182 e. The zero-order chi connectivity index (χ0) is 14.0. The Morgan fingerprint density at radius 3 is 2.53 bits per heavy atom. The molecule has 0 aliphatic carbocycles. The van der Waals surface area contributed by atoms with Crippen LogP contribution in [0.25, 0.3) is 0 Å². The third-order valence-electron chi connectivity index (χ3n) is 2.48. The van der Waals surface area contributed by atoms with Crippen LogP contribution in [-0.4, -0.2) is 0 Å². The second-order valence-corrected chi connectivity index (χ2v) is 5.16. The summed E-state index contributed by atoms with van der Waals surface area (Å²) in [5, 5.41) is 3.09. The van der Waals surface area contributed by atoms with Crippen molar-refractivity contribution in [2.24, 2.45) is 0 Å². The van der Waals surface area contributed by atoms with E-state index in [9.17, 15) is 13.2 Å². The van der Waals surface area contributed by atoms with Gasteiger partial charge in [0.1, 0.15) is 5.82 Å². The Morgan fingerprint density at radius 1 is 1.11 bits per heavy atom. The highest BCUT2D eigenvalue weighted by Gasteiger charge is 2.11. The van der Waals surface area contributed by atoms with Gasteiger partial charge in [-0.25, -0.2) is 13.2 Å². The van der Waals surface area contributed by atoms with Crippen molar-refractivity contribution in [1.82, 2.24) is 0 Å². The largest absolute Gasteiger partial charge is 0.378 e. The molecule has 0 amide bonds. The Morgan fingerprint density at radius 2 is 1.84 bits per heavy atom. The highest BCUT2D eigenvalue weighted by Crippen LogP contribution is 2.24. The summed E-state index contributed by atoms with van der Waals surface area (Å²) in [5.41, 5.74) is 0.449. The Labute approximate surface area is 121 Å². The molecule has 1 nitrogen and oxygen atoms in total. The van der Waals surface area contributed by atoms with Crippen LogP contribution < -0.4 is 5.32 Å². The molecule has 0 radical (unpaired) electrons. The average molecular weight is 351 g/mol. The summed E-state index contributed by atoms with van der Waals surface area (Å²) in [4.78, 5) is 0. The van der Waals surface area contributed by atoms with Crippen LogP contribution in [0.1, 0.15) is 5.56 Å². The van der Waals surface area contributed by atoms with Crippen LogP contribution in [0.2, 0.25) is 5.02 Å². The first-order valence-corrected chi connectivity index (χ1v) is 6.47. The molecule has 2 aromatic carbocycles. The topological polar surface area (TPSA) is 12.0 Å². The molecule has 100 valence electrons. The third-order valence-corrected chi connectivity index (χ3v) is 3.32. The van der Waals surface area contributed by atoms with Crippen molar-refractivity contribution in [2.45, 2.75) is 6.54 Å². The zero-order valence-corrected chi connectivity index (χ0v) is 11.8. The lowest BCUT2D eigenvalue weighted by atomic mass is 10.2. The Kier molecular flexibility index (Phi) is 4.37. The molecule has 2 rings (SSSR count). The van der Waals surface area contributed by atoms with Gasteiger partial charge in [-0.3, -0.25) is 0 Å². The summed E-state index contributed by atoms with van der Waals surface area (Å²) in [5.74, 6) is -3.19. The normalized spacial score (nSPS) is 10.6. The van der Waals surface area contributed by atoms with Gasteiger partial charge in [0.05, 0.1) is 5.69 Å². The molecule has 0 aliphatic heterocycles. The molecule has 1 N–H and O–H groups in total. The van der Waals surface area contributed by atoms with Gasteiger partial charge in [-0.15, -0.1) is 0 Å². The first kappa shape index (κ1) is 14.2. The molecule has 19 heavy (non-hydrogen) atoms. The lowest BCUT2D eigenvalue weighted by molar-refractivity contribution is 0.497. The van der Waals surface area contributed by atoms with Crippen LogP contribution in [0.4, 0.5) is 18.9 Å². The first-order valence-electron chi connectivity index (χ1n) is 5.29. The summed E-state index contributed by atoms with van der Waals surface area (Å²) in [6.45, 7) is 0.159. The number of anilines is 1. The van der Waals surface area contributed by atoms with Crippen molar-refractivity contribution in [3.8, 4) is 0 Å². The highest BCUT2D eigenvalue weighted by atomic mass is 79.9. The van der Waals surface area contributed by atoms with Crippen molar-refractivity contribution in [2.75, 3.05) is 5.32 Å². The summed E-state index contributed by atoms with van der Waals surface area (Å²) in [6.07, 6.45) is 0. The van der Waals surface area contributed by atoms with E-state index in [2.05, 4.69) is 21.2 Å². The van der Waals surface area contributed by atoms with Crippen molar-refractivity contribution in [1.29, 1.82) is 0 Å². The molecule has 0 saturated carbocycles. The van der Waals surface area contributed by atoms with E-state index < -0.39 is 17.5 Å². The smallest absolute Gasteiger partial charge is 0.182 e. The van der Waals surface area contributed by atoms with Gasteiger partial charge in [0.25, 0.3) is 0 Å². The SMILES string of the molecule is Fc1cc(F)c(F)c(NCc2ccc(Br)cc2Cl)c1. The molecule has 0 heterocycles. The van der Waals surface area contributed by atoms with Crippen molar-refractivity contribution < 1.29 is 13.2 Å². The van der Waals surface area contributed by atoms with E-state index in [1.807, 2.05) is 0 Å². The number of rotatable bonds is 3. The van der Waals surface area contributed by atoms with Crippen molar-refractivity contribution >= 4 is 33.2 Å². The van der Waals surface area contributed by atoms with Crippen LogP contribution in [0, 0.1) is 17.5 Å². The maximum absolute atomic E-state index is 13.4. The molecule has 2 aromatic rings. The second-order valence-electron chi connectivity index (χ2n) is 3.84. The van der Waals surface area contributed by atoms with Gasteiger partial charge < -0.3 is 5.32 Å². The summed E-state index contributed by atoms with van der Waals surface area (Å²) in [6, 6.07) is 6.57. The van der Waals surface area contributed by atoms with E-state index in [4.69, 9.17) is 11.6 Å². The van der Waals surface area contributed by atoms with Gasteiger partial charge >= 0.3 is 0 Å². The molecule has 0 bridgehead atoms. The monoisotopic (exact) mass is 349 g/mol. The van der Waals surface area contributed by atoms with Crippen molar-refractivity contribution in [3.05, 3.63) is 62.8 Å². The minimum absolute atomic E-state index is 0.159. The van der Waals surface area contributed by atoms with E-state index in [1.165, 1.54) is 0 Å². The van der Waals surface area contributed by atoms with Gasteiger partial charge in [-0.2, -0.15) is 0 Å². The van der Waals surface area contributed by atoms with Gasteiger partial charge in [0, 0.05) is 28.2 Å². The quantitative estimate of drug-likeness (QED) is 0.757. The number of hydrogen-bond acceptors (Lipinski definition) is 1. The molecule has 0 spiro atoms. The summed E-state index contributed by atoms with van der Waals surface area (Å²) in [7, 11) is 0. The molecular weight excluding hydrogens is 343 g/mol. The van der Waals surface area contributed by atoms with E-state index in [1.54, 1.807) is 18.2 Å². The summed E-state index contributed by atoms with van der Waals surface area (Å²) >= 11 is 9.25. The predicted octanol–water partition coefficient (Wildman–Crippen LogP) is 5.13. The lowest BCUT2D eigenvalue weighted by Crippen LogP contribution is -2.04. The zero-order valence-electron chi connectivity index (χ0n) is 9.48. The maximum atomic E-state index is 13.4. The molecule has 0 aliphatic rings. The van der Waals surface area contributed by atoms with Gasteiger partial charge in [0.2, 0.25) is 0 Å². The predicted molar refractivity (Wildman–Crippen MR) is 72.8 cm³/mol. The fraction of sp³-hybridized carbons (Fsp3) is 0.0769. The number of benzene rings is 2. The lowest BCUT2D eigenvalue weighted by Gasteiger charge is -2.10. The Bertz CT molecular complexity index is 619. The van der Waals surface area contributed by atoms with Crippen LogP contribution in [-0.2, 0) is 6.54 Å². The van der Waals surface area contributed by atoms with E-state index >= 15 is 0 Å². The van der Waals surface area contributed by atoms with E-state index in [0.717, 1.165) is 10.5 Å². The minimum Gasteiger partial charge on any atom is -0.378 e. The molecule has 0 aromatic heterocycles. The number of hydrogen-bond donors (Lipinski definition) is 1. The van der Waals surface area contributed by atoms with Crippen LogP contribution in [0.5, 0.6) is 0 Å². The Hall–Kier alpha value is -1.20. The fourth-order valence-corrected chi connectivity index (χ4v) is 2.28. The molecule has 0 atom stereocenters. The first-order chi connectivity index (χ1) is 8.97. The van der Waals surface area contributed by atoms with Crippen LogP contribution in [0.15, 0.2) is 34.8 Å². The fourth-order valence-electron chi connectivity index (χ4n) is 1.54.